The zero-order valence-electron chi connectivity index (χ0n) is 11.6. The molecule has 1 fully saturated rings. The van der Waals surface area contributed by atoms with E-state index in [0.717, 1.165) is 25.2 Å². The molecule has 2 atom stereocenters. The average Bonchev–Trinajstić information content (AvgIpc) is 2.69. The van der Waals surface area contributed by atoms with E-state index in [1.165, 1.54) is 0 Å². The van der Waals surface area contributed by atoms with Crippen molar-refractivity contribution in [3.05, 3.63) is 20.9 Å². The first-order chi connectivity index (χ1) is 9.54. The van der Waals surface area contributed by atoms with Gasteiger partial charge < -0.3 is 20.4 Å². The van der Waals surface area contributed by atoms with Crippen molar-refractivity contribution < 1.29 is 9.53 Å². The van der Waals surface area contributed by atoms with Crippen LogP contribution in [0.4, 0.5) is 0 Å². The second-order valence-electron chi connectivity index (χ2n) is 4.82. The number of hydrogen-bond donors (Lipinski definition) is 3. The van der Waals surface area contributed by atoms with Crippen molar-refractivity contribution in [3.8, 4) is 0 Å². The Balaban J connectivity index is 2.07. The van der Waals surface area contributed by atoms with Crippen LogP contribution in [-0.2, 0) is 4.74 Å². The van der Waals surface area contributed by atoms with Crippen LogP contribution in [0.3, 0.4) is 0 Å². The van der Waals surface area contributed by atoms with E-state index in [9.17, 15) is 4.79 Å². The number of nitrogens with one attached hydrogen (secondary N) is 3. The van der Waals surface area contributed by atoms with Crippen LogP contribution in [0.25, 0.3) is 0 Å². The first-order valence-corrected chi connectivity index (χ1v) is 7.88. The molecule has 1 aliphatic heterocycles. The molecule has 0 unspecified atom stereocenters. The summed E-state index contributed by atoms with van der Waals surface area (Å²) >= 11 is 9.42. The number of halogens is 2. The Hall–Kier alpha value is -0.560. The molecule has 1 aromatic heterocycles. The van der Waals surface area contributed by atoms with E-state index in [1.54, 1.807) is 0 Å². The van der Waals surface area contributed by atoms with Crippen molar-refractivity contribution in [1.29, 1.82) is 0 Å². The quantitative estimate of drug-likeness (QED) is 0.767. The van der Waals surface area contributed by atoms with E-state index >= 15 is 0 Å². The number of carbonyl (C=O) groups is 1. The Kier molecular flexibility index (Phi) is 5.49. The number of piperidine rings is 1. The zero-order valence-corrected chi connectivity index (χ0v) is 13.9. The number of aromatic nitrogens is 1. The maximum Gasteiger partial charge on any atom is 0.269 e. The van der Waals surface area contributed by atoms with E-state index in [0.29, 0.717) is 21.8 Å². The molecule has 7 heteroatoms. The van der Waals surface area contributed by atoms with Crippen molar-refractivity contribution in [1.82, 2.24) is 15.6 Å². The van der Waals surface area contributed by atoms with Crippen LogP contribution in [0.15, 0.2) is 4.47 Å². The molecular formula is C13H19BrClN3O2. The fraction of sp³-hybridized carbons (Fsp3) is 0.615. The second kappa shape index (κ2) is 6.93. The summed E-state index contributed by atoms with van der Waals surface area (Å²) in [6.07, 6.45) is 0.851. The molecule has 1 aromatic rings. The molecule has 0 aliphatic carbocycles. The van der Waals surface area contributed by atoms with Gasteiger partial charge in [0.25, 0.3) is 5.91 Å². The molecule has 0 saturated carbocycles. The summed E-state index contributed by atoms with van der Waals surface area (Å²) in [7, 11) is 0. The van der Waals surface area contributed by atoms with Crippen LogP contribution in [0.5, 0.6) is 0 Å². The highest BCUT2D eigenvalue weighted by atomic mass is 79.9. The van der Waals surface area contributed by atoms with Gasteiger partial charge in [0.1, 0.15) is 5.69 Å². The minimum atomic E-state index is -0.163. The molecule has 2 heterocycles. The molecule has 0 radical (unpaired) electrons. The van der Waals surface area contributed by atoms with Gasteiger partial charge in [0.2, 0.25) is 0 Å². The Labute approximate surface area is 131 Å². The van der Waals surface area contributed by atoms with Gasteiger partial charge in [0, 0.05) is 18.8 Å². The minimum Gasteiger partial charge on any atom is -0.375 e. The van der Waals surface area contributed by atoms with E-state index < -0.39 is 0 Å². The van der Waals surface area contributed by atoms with E-state index in [1.807, 2.05) is 13.8 Å². The fourth-order valence-electron chi connectivity index (χ4n) is 2.35. The number of carbonyl (C=O) groups excluding carboxylic acids is 1. The second-order valence-corrected chi connectivity index (χ2v) is 5.99. The van der Waals surface area contributed by atoms with Crippen molar-refractivity contribution >= 4 is 33.4 Å². The van der Waals surface area contributed by atoms with Gasteiger partial charge >= 0.3 is 0 Å². The van der Waals surface area contributed by atoms with E-state index in [2.05, 4.69) is 31.5 Å². The summed E-state index contributed by atoms with van der Waals surface area (Å²) in [4.78, 5) is 15.3. The standard InChI is InChI=1S/C13H19BrClN3O2/c1-3-20-9-6-16-5-4-8(9)18-13(19)12-10(14)11(15)7(2)17-12/h8-9,16-17H,3-6H2,1-2H3,(H,18,19)/t8-,9-/m1/s1. The smallest absolute Gasteiger partial charge is 0.269 e. The third-order valence-corrected chi connectivity index (χ3v) is 4.90. The van der Waals surface area contributed by atoms with E-state index in [-0.39, 0.29) is 18.1 Å². The number of H-pyrrole nitrogens is 1. The van der Waals surface area contributed by atoms with Crippen LogP contribution in [-0.4, -0.2) is 42.7 Å². The first-order valence-electron chi connectivity index (χ1n) is 6.71. The molecule has 0 bridgehead atoms. The lowest BCUT2D eigenvalue weighted by Crippen LogP contribution is -2.53. The van der Waals surface area contributed by atoms with Crippen molar-refractivity contribution in [2.24, 2.45) is 0 Å². The summed E-state index contributed by atoms with van der Waals surface area (Å²) in [6.45, 7) is 6.05. The molecule has 20 heavy (non-hydrogen) atoms. The molecule has 1 saturated heterocycles. The number of aromatic amines is 1. The van der Waals surface area contributed by atoms with Gasteiger partial charge in [-0.3, -0.25) is 4.79 Å². The summed E-state index contributed by atoms with van der Waals surface area (Å²) < 4.78 is 6.27. The molecule has 112 valence electrons. The fourth-order valence-corrected chi connectivity index (χ4v) is 3.07. The van der Waals surface area contributed by atoms with Crippen LogP contribution in [0.2, 0.25) is 5.02 Å². The monoisotopic (exact) mass is 363 g/mol. The number of hydrogen-bond acceptors (Lipinski definition) is 3. The molecule has 0 spiro atoms. The largest absolute Gasteiger partial charge is 0.375 e. The van der Waals surface area contributed by atoms with Gasteiger partial charge in [0.15, 0.2) is 0 Å². The minimum absolute atomic E-state index is 0.00278. The lowest BCUT2D eigenvalue weighted by atomic mass is 10.0. The number of amides is 1. The van der Waals surface area contributed by atoms with Gasteiger partial charge in [-0.15, -0.1) is 0 Å². The molecular weight excluding hydrogens is 346 g/mol. The predicted octanol–water partition coefficient (Wildman–Crippen LogP) is 2.24. The Morgan fingerprint density at radius 1 is 1.60 bits per heavy atom. The number of ether oxygens (including phenoxy) is 1. The van der Waals surface area contributed by atoms with Crippen LogP contribution < -0.4 is 10.6 Å². The van der Waals surface area contributed by atoms with E-state index in [4.69, 9.17) is 16.3 Å². The highest BCUT2D eigenvalue weighted by Crippen LogP contribution is 2.29. The van der Waals surface area contributed by atoms with Crippen LogP contribution >= 0.6 is 27.5 Å². The molecule has 3 N–H and O–H groups in total. The van der Waals surface area contributed by atoms with Crippen LogP contribution in [0.1, 0.15) is 29.5 Å². The molecule has 2 rings (SSSR count). The Morgan fingerprint density at radius 2 is 2.35 bits per heavy atom. The highest BCUT2D eigenvalue weighted by molar-refractivity contribution is 9.10. The SMILES string of the molecule is CCO[C@@H]1CNCC[C@H]1NC(=O)c1[nH]c(C)c(Cl)c1Br. The third kappa shape index (κ3) is 3.36. The zero-order chi connectivity index (χ0) is 14.7. The lowest BCUT2D eigenvalue weighted by Gasteiger charge is -2.32. The van der Waals surface area contributed by atoms with Crippen molar-refractivity contribution in [3.63, 3.8) is 0 Å². The molecule has 0 aromatic carbocycles. The number of rotatable bonds is 4. The lowest BCUT2D eigenvalue weighted by molar-refractivity contribution is 0.0208. The van der Waals surface area contributed by atoms with Gasteiger partial charge in [0.05, 0.1) is 21.6 Å². The summed E-state index contributed by atoms with van der Waals surface area (Å²) in [5, 5.41) is 6.84. The van der Waals surface area contributed by atoms with Crippen LogP contribution in [0, 0.1) is 6.92 Å². The topological polar surface area (TPSA) is 66.2 Å². The average molecular weight is 365 g/mol. The molecule has 1 amide bonds. The third-order valence-electron chi connectivity index (χ3n) is 3.40. The van der Waals surface area contributed by atoms with Crippen molar-refractivity contribution in [2.75, 3.05) is 19.7 Å². The molecule has 5 nitrogen and oxygen atoms in total. The maximum absolute atomic E-state index is 12.3. The summed E-state index contributed by atoms with van der Waals surface area (Å²) in [5.41, 5.74) is 1.23. The van der Waals surface area contributed by atoms with Gasteiger partial charge in [-0.25, -0.2) is 0 Å². The Morgan fingerprint density at radius 3 is 2.95 bits per heavy atom. The normalized spacial score (nSPS) is 22.8. The van der Waals surface area contributed by atoms with Gasteiger partial charge in [-0.1, -0.05) is 11.6 Å². The highest BCUT2D eigenvalue weighted by Gasteiger charge is 2.28. The summed E-state index contributed by atoms with van der Waals surface area (Å²) in [6, 6.07) is 0.0120. The predicted molar refractivity (Wildman–Crippen MR) is 82.4 cm³/mol. The molecule has 1 aliphatic rings. The first kappa shape index (κ1) is 15.8. The van der Waals surface area contributed by atoms with Crippen molar-refractivity contribution in [2.45, 2.75) is 32.4 Å². The Bertz CT molecular complexity index is 490. The number of aryl methyl sites for hydroxylation is 1. The summed E-state index contributed by atoms with van der Waals surface area (Å²) in [5.74, 6) is -0.163. The van der Waals surface area contributed by atoms with Gasteiger partial charge in [-0.2, -0.15) is 0 Å². The maximum atomic E-state index is 12.3. The van der Waals surface area contributed by atoms with Gasteiger partial charge in [-0.05, 0) is 42.7 Å².